The maximum Gasteiger partial charge on any atom is 0.254 e. The van der Waals surface area contributed by atoms with Crippen LogP contribution in [0.15, 0.2) is 48.8 Å². The van der Waals surface area contributed by atoms with Crippen LogP contribution in [-0.4, -0.2) is 37.5 Å². The second-order valence-electron chi connectivity index (χ2n) is 8.88. The van der Waals surface area contributed by atoms with Crippen molar-refractivity contribution in [1.82, 2.24) is 14.5 Å². The first kappa shape index (κ1) is 23.3. The van der Waals surface area contributed by atoms with Gasteiger partial charge < -0.3 is 9.47 Å². The van der Waals surface area contributed by atoms with Crippen LogP contribution in [0.5, 0.6) is 0 Å². The molecule has 31 heavy (non-hydrogen) atoms. The van der Waals surface area contributed by atoms with Crippen LogP contribution in [0, 0.1) is 9.39 Å². The summed E-state index contributed by atoms with van der Waals surface area (Å²) < 4.78 is 20.7. The number of carbonyl (C=O) groups is 1. The molecule has 0 fully saturated rings. The van der Waals surface area contributed by atoms with Crippen molar-refractivity contribution in [2.75, 3.05) is 7.05 Å². The highest BCUT2D eigenvalue weighted by Crippen LogP contribution is 2.30. The van der Waals surface area contributed by atoms with Crippen molar-refractivity contribution in [3.05, 3.63) is 69.6 Å². The van der Waals surface area contributed by atoms with Gasteiger partial charge in [0, 0.05) is 45.7 Å². The van der Waals surface area contributed by atoms with E-state index in [1.165, 1.54) is 6.07 Å². The highest BCUT2D eigenvalue weighted by atomic mass is 127. The van der Waals surface area contributed by atoms with Crippen molar-refractivity contribution >= 4 is 31.2 Å². The standard InChI is InChI=1S/C25H29FIN3O/c1-16(2)23-28-10-11-30(23)20-13-18(17-8-9-21(26)22(15-17)27-6)12-19(14-20)24(31)29(7)25(3,4)5/h8-16H,6H2,1-5,7H3. The molecule has 2 aromatic carbocycles. The molecular formula is C25H29FIN3O. The summed E-state index contributed by atoms with van der Waals surface area (Å²) in [7, 11) is 1.81. The van der Waals surface area contributed by atoms with E-state index < -0.39 is 20.7 Å². The van der Waals surface area contributed by atoms with Crippen LogP contribution >= 0.6 is 20.7 Å². The van der Waals surface area contributed by atoms with E-state index in [4.69, 9.17) is 0 Å². The molecule has 4 nitrogen and oxygen atoms in total. The highest BCUT2D eigenvalue weighted by molar-refractivity contribution is 14.2. The number of amides is 1. The Morgan fingerprint density at radius 2 is 1.87 bits per heavy atom. The van der Waals surface area contributed by atoms with E-state index in [9.17, 15) is 9.18 Å². The average molecular weight is 533 g/mol. The second kappa shape index (κ2) is 9.02. The molecule has 0 aliphatic carbocycles. The van der Waals surface area contributed by atoms with Crippen molar-refractivity contribution in [2.45, 2.75) is 46.1 Å². The normalized spacial score (nSPS) is 11.7. The minimum Gasteiger partial charge on any atom is -0.337 e. The van der Waals surface area contributed by atoms with E-state index in [0.717, 1.165) is 22.6 Å². The zero-order chi connectivity index (χ0) is 22.9. The third kappa shape index (κ3) is 4.95. The molecule has 164 valence electrons. The van der Waals surface area contributed by atoms with Crippen molar-refractivity contribution in [3.8, 4) is 16.8 Å². The lowest BCUT2D eigenvalue weighted by atomic mass is 9.99. The van der Waals surface area contributed by atoms with Crippen LogP contribution < -0.4 is 0 Å². The Labute approximate surface area is 193 Å². The Bertz CT molecular complexity index is 1130. The summed E-state index contributed by atoms with van der Waals surface area (Å²) in [6.45, 7) is 10.2. The zero-order valence-electron chi connectivity index (χ0n) is 18.9. The van der Waals surface area contributed by atoms with E-state index in [1.807, 2.05) is 62.8 Å². The molecule has 0 unspecified atom stereocenters. The molecule has 0 bridgehead atoms. The smallest absolute Gasteiger partial charge is 0.254 e. The van der Waals surface area contributed by atoms with Gasteiger partial charge in [0.05, 0.1) is 0 Å². The van der Waals surface area contributed by atoms with Gasteiger partial charge in [-0.15, -0.1) is 0 Å². The third-order valence-electron chi connectivity index (χ3n) is 5.34. The van der Waals surface area contributed by atoms with Crippen molar-refractivity contribution in [2.24, 2.45) is 0 Å². The quantitative estimate of drug-likeness (QED) is 0.364. The average Bonchev–Trinajstić information content (AvgIpc) is 3.22. The lowest BCUT2D eigenvalue weighted by Crippen LogP contribution is -2.42. The molecule has 0 N–H and O–H groups in total. The summed E-state index contributed by atoms with van der Waals surface area (Å²) in [6, 6.07) is 10.9. The lowest BCUT2D eigenvalue weighted by molar-refractivity contribution is 0.0656. The van der Waals surface area contributed by atoms with E-state index in [0.29, 0.717) is 9.13 Å². The number of hydrogen-bond acceptors (Lipinski definition) is 2. The van der Waals surface area contributed by atoms with Crippen LogP contribution in [0.1, 0.15) is 56.7 Å². The van der Waals surface area contributed by atoms with Crippen LogP contribution in [0.25, 0.3) is 16.8 Å². The molecule has 0 saturated heterocycles. The van der Waals surface area contributed by atoms with Crippen LogP contribution in [0.3, 0.4) is 0 Å². The topological polar surface area (TPSA) is 38.1 Å². The van der Waals surface area contributed by atoms with E-state index in [-0.39, 0.29) is 23.2 Å². The Balaban J connectivity index is 2.23. The van der Waals surface area contributed by atoms with E-state index in [2.05, 4.69) is 23.3 Å². The molecule has 1 heterocycles. The minimum absolute atomic E-state index is 0.0614. The number of imidazole rings is 1. The van der Waals surface area contributed by atoms with Crippen molar-refractivity contribution < 1.29 is 9.18 Å². The van der Waals surface area contributed by atoms with Gasteiger partial charge in [0.1, 0.15) is 11.6 Å². The number of rotatable bonds is 5. The van der Waals surface area contributed by atoms with E-state index in [1.54, 1.807) is 17.2 Å². The summed E-state index contributed by atoms with van der Waals surface area (Å²) >= 11 is -0.642. The molecule has 0 aliphatic rings. The molecule has 1 aromatic heterocycles. The number of benzene rings is 2. The fourth-order valence-corrected chi connectivity index (χ4v) is 4.38. The molecule has 0 aliphatic heterocycles. The SMILES string of the molecule is C=Ic1cc(-c2cc(C(=O)N(C)C(C)(C)C)cc(-n3ccnc3C(C)C)c2)ccc1F. The largest absolute Gasteiger partial charge is 0.337 e. The van der Waals surface area contributed by atoms with Gasteiger partial charge >= 0.3 is 0 Å². The molecule has 3 rings (SSSR count). The number of hydrogen-bond donors (Lipinski definition) is 0. The highest BCUT2D eigenvalue weighted by Gasteiger charge is 2.24. The fraction of sp³-hybridized carbons (Fsp3) is 0.320. The summed E-state index contributed by atoms with van der Waals surface area (Å²) in [5.74, 6) is 0.864. The summed E-state index contributed by atoms with van der Waals surface area (Å²) in [5.41, 5.74) is 2.88. The zero-order valence-corrected chi connectivity index (χ0v) is 21.1. The fourth-order valence-electron chi connectivity index (χ4n) is 3.28. The first-order chi connectivity index (χ1) is 14.5. The molecular weight excluding hydrogens is 504 g/mol. The molecule has 0 spiro atoms. The maximum atomic E-state index is 14.1. The molecule has 0 radical (unpaired) electrons. The summed E-state index contributed by atoms with van der Waals surface area (Å²) in [6.07, 6.45) is 3.68. The van der Waals surface area contributed by atoms with Gasteiger partial charge in [0.15, 0.2) is 0 Å². The van der Waals surface area contributed by atoms with Crippen molar-refractivity contribution in [3.63, 3.8) is 0 Å². The van der Waals surface area contributed by atoms with Gasteiger partial charge in [-0.1, -0.05) is 45.2 Å². The number of carbonyl (C=O) groups excluding carboxylic acids is 1. The summed E-state index contributed by atoms with van der Waals surface area (Å²) in [4.78, 5) is 19.6. The van der Waals surface area contributed by atoms with Crippen LogP contribution in [0.4, 0.5) is 4.39 Å². The molecule has 0 saturated carbocycles. The Kier molecular flexibility index (Phi) is 6.79. The van der Waals surface area contributed by atoms with Crippen LogP contribution in [0.2, 0.25) is 0 Å². The molecule has 1 amide bonds. The van der Waals surface area contributed by atoms with Gasteiger partial charge in [0.2, 0.25) is 0 Å². The molecule has 0 atom stereocenters. The lowest BCUT2D eigenvalue weighted by Gasteiger charge is -2.32. The second-order valence-corrected chi connectivity index (χ2v) is 10.8. The Hall–Kier alpha value is -2.35. The first-order valence-corrected chi connectivity index (χ1v) is 12.8. The monoisotopic (exact) mass is 533 g/mol. The Morgan fingerprint density at radius 3 is 2.48 bits per heavy atom. The Morgan fingerprint density at radius 1 is 1.16 bits per heavy atom. The number of nitrogens with zero attached hydrogens (tertiary/aromatic N) is 3. The van der Waals surface area contributed by atoms with Gasteiger partial charge in [-0.25, -0.2) is 9.37 Å². The number of halogens is 2. The first-order valence-electron chi connectivity index (χ1n) is 10.2. The minimum atomic E-state index is -0.642. The third-order valence-corrected chi connectivity index (χ3v) is 6.98. The van der Waals surface area contributed by atoms with Crippen molar-refractivity contribution in [1.29, 1.82) is 0 Å². The summed E-state index contributed by atoms with van der Waals surface area (Å²) in [5, 5.41) is 0. The van der Waals surface area contributed by atoms with Gasteiger partial charge in [0.25, 0.3) is 5.91 Å². The molecule has 6 heteroatoms. The number of aromatic nitrogens is 2. The van der Waals surface area contributed by atoms with E-state index >= 15 is 0 Å². The van der Waals surface area contributed by atoms with Gasteiger partial charge in [-0.3, -0.25) is 4.79 Å². The van der Waals surface area contributed by atoms with Gasteiger partial charge in [-0.05, 0) is 62.2 Å². The van der Waals surface area contributed by atoms with Crippen LogP contribution in [-0.2, 0) is 0 Å². The predicted molar refractivity (Wildman–Crippen MR) is 135 cm³/mol. The molecule has 3 aromatic rings. The predicted octanol–water partition coefficient (Wildman–Crippen LogP) is 6.24. The van der Waals surface area contributed by atoms with Gasteiger partial charge in [-0.2, -0.15) is 0 Å². The maximum absolute atomic E-state index is 14.1.